The van der Waals surface area contributed by atoms with Crippen LogP contribution < -0.4 is 9.47 Å². The quantitative estimate of drug-likeness (QED) is 0.437. The van der Waals surface area contributed by atoms with E-state index < -0.39 is 12.0 Å². The fourth-order valence-corrected chi connectivity index (χ4v) is 5.11. The summed E-state index contributed by atoms with van der Waals surface area (Å²) in [5, 5.41) is 0. The van der Waals surface area contributed by atoms with Gasteiger partial charge >= 0.3 is 0 Å². The lowest BCUT2D eigenvalue weighted by molar-refractivity contribution is -0.133. The van der Waals surface area contributed by atoms with E-state index in [4.69, 9.17) is 9.47 Å². The van der Waals surface area contributed by atoms with Crippen LogP contribution in [-0.2, 0) is 11.3 Å². The second-order valence-corrected chi connectivity index (χ2v) is 9.47. The molecule has 7 heteroatoms. The number of nitrogens with zero attached hydrogens (tertiary/aromatic N) is 2. The van der Waals surface area contributed by atoms with E-state index in [1.165, 1.54) is 7.11 Å². The van der Waals surface area contributed by atoms with Gasteiger partial charge in [0.2, 0.25) is 5.91 Å². The molecule has 0 unspecified atom stereocenters. The second-order valence-electron chi connectivity index (χ2n) is 8.59. The zero-order valence-corrected chi connectivity index (χ0v) is 21.5. The van der Waals surface area contributed by atoms with Gasteiger partial charge in [-0.2, -0.15) is 0 Å². The number of methoxy groups -OCH3 is 2. The first kappa shape index (κ1) is 24.7. The molecule has 1 heterocycles. The molecule has 1 aliphatic heterocycles. The van der Waals surface area contributed by atoms with Crippen molar-refractivity contribution in [1.82, 2.24) is 9.80 Å². The molecule has 0 bridgehead atoms. The van der Waals surface area contributed by atoms with E-state index in [9.17, 15) is 9.59 Å². The van der Waals surface area contributed by atoms with Gasteiger partial charge in [-0.05, 0) is 47.2 Å². The second kappa shape index (κ2) is 10.4. The van der Waals surface area contributed by atoms with E-state index in [2.05, 4.69) is 0 Å². The number of amides is 2. The van der Waals surface area contributed by atoms with Crippen LogP contribution in [-0.4, -0.2) is 56.2 Å². The highest BCUT2D eigenvalue weighted by Gasteiger charge is 2.44. The number of carbonyl (C=O) groups excluding carboxylic acids is 2. The lowest BCUT2D eigenvalue weighted by Gasteiger charge is -2.41. The molecule has 2 atom stereocenters. The Morgan fingerprint density at radius 2 is 1.63 bits per heavy atom. The van der Waals surface area contributed by atoms with Crippen molar-refractivity contribution in [3.63, 3.8) is 0 Å². The molecule has 0 radical (unpaired) electrons. The molecule has 2 amide bonds. The predicted octanol–water partition coefficient (Wildman–Crippen LogP) is 4.99. The zero-order chi connectivity index (χ0) is 25.1. The van der Waals surface area contributed by atoms with Gasteiger partial charge in [-0.15, -0.1) is 11.8 Å². The highest BCUT2D eigenvalue weighted by atomic mass is 32.2. The average molecular weight is 491 g/mol. The smallest absolute Gasteiger partial charge is 0.254 e. The molecule has 182 valence electrons. The van der Waals surface area contributed by atoms with Crippen molar-refractivity contribution in [2.24, 2.45) is 0 Å². The van der Waals surface area contributed by atoms with Gasteiger partial charge in [-0.3, -0.25) is 9.59 Å². The van der Waals surface area contributed by atoms with Gasteiger partial charge in [-0.1, -0.05) is 42.5 Å². The van der Waals surface area contributed by atoms with Crippen LogP contribution in [0.25, 0.3) is 0 Å². The first-order valence-corrected chi connectivity index (χ1v) is 12.6. The Morgan fingerprint density at radius 3 is 2.23 bits per heavy atom. The van der Waals surface area contributed by atoms with Gasteiger partial charge in [0, 0.05) is 31.1 Å². The molecule has 6 nitrogen and oxygen atoms in total. The van der Waals surface area contributed by atoms with E-state index in [0.717, 1.165) is 16.0 Å². The van der Waals surface area contributed by atoms with Crippen molar-refractivity contribution in [2.75, 3.05) is 34.6 Å². The molecule has 4 rings (SSSR count). The Hall–Kier alpha value is -3.45. The topological polar surface area (TPSA) is 59.1 Å². The molecule has 0 N–H and O–H groups in total. The summed E-state index contributed by atoms with van der Waals surface area (Å²) in [4.78, 5) is 32.1. The Labute approximate surface area is 210 Å². The summed E-state index contributed by atoms with van der Waals surface area (Å²) in [5.74, 6) is 0.111. The Balaban J connectivity index is 1.85. The molecule has 3 aromatic rings. The van der Waals surface area contributed by atoms with Crippen LogP contribution in [0.5, 0.6) is 11.5 Å². The minimum Gasteiger partial charge on any atom is -0.493 e. The number of likely N-dealkylation sites (N-methyl/N-ethyl adjacent to an activating group) is 2. The van der Waals surface area contributed by atoms with Crippen LogP contribution in [0.3, 0.4) is 0 Å². The van der Waals surface area contributed by atoms with E-state index in [1.54, 1.807) is 54.9 Å². The first-order valence-electron chi connectivity index (χ1n) is 11.4. The molecular weight excluding hydrogens is 460 g/mol. The SMILES string of the molecule is COc1cc2c(cc1OC)[C@H](C(=O)N(C)Cc1ccccc1)[C@@H](c1ccc(SC)cc1)N(C)C2=O. The first-order chi connectivity index (χ1) is 16.9. The maximum Gasteiger partial charge on any atom is 0.254 e. The van der Waals surface area contributed by atoms with Gasteiger partial charge in [0.15, 0.2) is 11.5 Å². The number of ether oxygens (including phenoxy) is 2. The number of fused-ring (bicyclic) bond motifs is 1. The lowest BCUT2D eigenvalue weighted by atomic mass is 9.79. The number of rotatable bonds is 7. The predicted molar refractivity (Wildman–Crippen MR) is 138 cm³/mol. The number of thioether (sulfide) groups is 1. The van der Waals surface area contributed by atoms with E-state index in [-0.39, 0.29) is 11.8 Å². The third-order valence-corrected chi connectivity index (χ3v) is 7.28. The van der Waals surface area contributed by atoms with E-state index in [1.807, 2.05) is 60.9 Å². The van der Waals surface area contributed by atoms with E-state index >= 15 is 0 Å². The summed E-state index contributed by atoms with van der Waals surface area (Å²) in [7, 11) is 6.65. The standard InChI is InChI=1S/C28H30N2O4S/c1-29(17-18-9-7-6-8-10-18)28(32)25-21-15-23(33-3)24(34-4)16-22(21)27(31)30(2)26(25)19-11-13-20(35-5)14-12-19/h6-16,25-26H,17H2,1-5H3/t25-,26+/m0/s1. The van der Waals surface area contributed by atoms with Crippen LogP contribution in [0.15, 0.2) is 71.6 Å². The summed E-state index contributed by atoms with van der Waals surface area (Å²) < 4.78 is 11.0. The van der Waals surface area contributed by atoms with E-state index in [0.29, 0.717) is 29.2 Å². The highest BCUT2D eigenvalue weighted by Crippen LogP contribution is 2.46. The normalized spacial score (nSPS) is 17.1. The van der Waals surface area contributed by atoms with Crippen LogP contribution in [0, 0.1) is 0 Å². The summed E-state index contributed by atoms with van der Waals surface area (Å²) in [5.41, 5.74) is 3.05. The average Bonchev–Trinajstić information content (AvgIpc) is 2.90. The zero-order valence-electron chi connectivity index (χ0n) is 20.6. The van der Waals surface area contributed by atoms with Crippen molar-refractivity contribution in [2.45, 2.75) is 23.4 Å². The van der Waals surface area contributed by atoms with Gasteiger partial charge < -0.3 is 19.3 Å². The maximum atomic E-state index is 14.1. The van der Waals surface area contributed by atoms with Crippen LogP contribution in [0.1, 0.15) is 39.0 Å². The van der Waals surface area contributed by atoms with Crippen LogP contribution in [0.4, 0.5) is 0 Å². The molecule has 35 heavy (non-hydrogen) atoms. The number of hydrogen-bond acceptors (Lipinski definition) is 5. The Morgan fingerprint density at radius 1 is 1.00 bits per heavy atom. The molecule has 3 aromatic carbocycles. The molecule has 0 saturated heterocycles. The van der Waals surface area contributed by atoms with Crippen molar-refractivity contribution >= 4 is 23.6 Å². The van der Waals surface area contributed by atoms with Crippen molar-refractivity contribution in [1.29, 1.82) is 0 Å². The van der Waals surface area contributed by atoms with Gasteiger partial charge in [0.1, 0.15) is 0 Å². The molecule has 0 aliphatic carbocycles. The minimum atomic E-state index is -0.610. The minimum absolute atomic E-state index is 0.0689. The highest BCUT2D eigenvalue weighted by molar-refractivity contribution is 7.98. The third kappa shape index (κ3) is 4.73. The van der Waals surface area contributed by atoms with Crippen molar-refractivity contribution < 1.29 is 19.1 Å². The molecule has 1 aliphatic rings. The van der Waals surface area contributed by atoms with Crippen molar-refractivity contribution in [3.8, 4) is 11.5 Å². The summed E-state index contributed by atoms with van der Waals surface area (Å²) in [6, 6.07) is 20.9. The Bertz CT molecular complexity index is 1210. The fourth-order valence-electron chi connectivity index (χ4n) is 4.71. The van der Waals surface area contributed by atoms with Crippen LogP contribution in [0.2, 0.25) is 0 Å². The molecule has 0 aromatic heterocycles. The number of carbonyl (C=O) groups is 2. The summed E-state index contributed by atoms with van der Waals surface area (Å²) in [6.45, 7) is 0.467. The fraction of sp³-hybridized carbons (Fsp3) is 0.286. The third-order valence-electron chi connectivity index (χ3n) is 6.54. The summed E-state index contributed by atoms with van der Waals surface area (Å²) >= 11 is 1.65. The summed E-state index contributed by atoms with van der Waals surface area (Å²) in [6.07, 6.45) is 2.02. The molecular formula is C28H30N2O4S. The van der Waals surface area contributed by atoms with Gasteiger partial charge in [-0.25, -0.2) is 0 Å². The molecule has 0 saturated carbocycles. The van der Waals surface area contributed by atoms with Crippen molar-refractivity contribution in [3.05, 3.63) is 89.0 Å². The monoisotopic (exact) mass is 490 g/mol. The van der Waals surface area contributed by atoms with Gasteiger partial charge in [0.25, 0.3) is 5.91 Å². The Kier molecular flexibility index (Phi) is 7.36. The molecule has 0 spiro atoms. The molecule has 0 fully saturated rings. The van der Waals surface area contributed by atoms with Crippen LogP contribution >= 0.6 is 11.8 Å². The largest absolute Gasteiger partial charge is 0.493 e. The maximum absolute atomic E-state index is 14.1. The lowest BCUT2D eigenvalue weighted by Crippen LogP contribution is -2.46. The number of benzene rings is 3. The number of hydrogen-bond donors (Lipinski definition) is 0. The van der Waals surface area contributed by atoms with Gasteiger partial charge in [0.05, 0.1) is 26.2 Å².